The molecular weight excluding hydrogens is 308 g/mol. The summed E-state index contributed by atoms with van der Waals surface area (Å²) >= 11 is 0. The van der Waals surface area contributed by atoms with Gasteiger partial charge < -0.3 is 9.84 Å². The van der Waals surface area contributed by atoms with Gasteiger partial charge in [0, 0.05) is 18.9 Å². The minimum Gasteiger partial charge on any atom is -0.506 e. The summed E-state index contributed by atoms with van der Waals surface area (Å²) in [5.41, 5.74) is 1.98. The number of halogens is 1. The largest absolute Gasteiger partial charge is 0.506 e. The molecule has 0 amide bonds. The van der Waals surface area contributed by atoms with Gasteiger partial charge in [0.2, 0.25) is 0 Å². The molecule has 22 heavy (non-hydrogen) atoms. The molecule has 0 aromatic carbocycles. The Labute approximate surface area is 132 Å². The first-order valence-corrected chi connectivity index (χ1v) is 6.23. The van der Waals surface area contributed by atoms with Gasteiger partial charge in [-0.25, -0.2) is 9.20 Å². The lowest BCUT2D eigenvalue weighted by Crippen LogP contribution is -2.04. The Bertz CT molecular complexity index is 835. The second-order valence-electron chi connectivity index (χ2n) is 4.44. The Morgan fingerprint density at radius 3 is 2.95 bits per heavy atom. The van der Waals surface area contributed by atoms with Crippen LogP contribution in [0.2, 0.25) is 0 Å². The first-order chi connectivity index (χ1) is 10.2. The van der Waals surface area contributed by atoms with Crippen LogP contribution < -0.4 is 0 Å². The average Bonchev–Trinajstić information content (AvgIpc) is 3.11. The number of ether oxygens (including phenoxy) is 1. The molecule has 114 valence electrons. The molecule has 8 nitrogen and oxygen atoms in total. The number of hydrogen-bond acceptors (Lipinski definition) is 6. The summed E-state index contributed by atoms with van der Waals surface area (Å²) in [5.74, 6) is -0.0204. The third kappa shape index (κ3) is 2.72. The third-order valence-corrected chi connectivity index (χ3v) is 3.07. The fraction of sp³-hybridized carbons (Fsp3) is 0.231. The lowest BCUT2D eigenvalue weighted by Gasteiger charge is -2.01. The van der Waals surface area contributed by atoms with Crippen LogP contribution in [0.5, 0.6) is 5.75 Å². The number of pyridine rings is 1. The Morgan fingerprint density at radius 2 is 2.23 bits per heavy atom. The van der Waals surface area contributed by atoms with Gasteiger partial charge in [0.05, 0.1) is 25.5 Å². The molecule has 3 heterocycles. The van der Waals surface area contributed by atoms with Crippen LogP contribution in [0, 0.1) is 11.3 Å². The molecule has 0 aliphatic rings. The molecular formula is C13H13ClN6O2. The zero-order chi connectivity index (χ0) is 14.8. The van der Waals surface area contributed by atoms with E-state index in [1.807, 2.05) is 6.07 Å². The number of aromatic hydroxyl groups is 1. The van der Waals surface area contributed by atoms with Gasteiger partial charge in [-0.2, -0.15) is 10.4 Å². The van der Waals surface area contributed by atoms with Crippen LogP contribution in [-0.4, -0.2) is 43.4 Å². The lowest BCUT2D eigenvalue weighted by molar-refractivity contribution is 0.183. The zero-order valence-corrected chi connectivity index (χ0v) is 12.5. The maximum atomic E-state index is 10.1. The molecule has 0 unspecified atom stereocenters. The van der Waals surface area contributed by atoms with Crippen LogP contribution in [0.4, 0.5) is 0 Å². The van der Waals surface area contributed by atoms with E-state index in [4.69, 9.17) is 10.00 Å². The van der Waals surface area contributed by atoms with Crippen molar-refractivity contribution in [2.75, 3.05) is 13.7 Å². The molecule has 9 heteroatoms. The third-order valence-electron chi connectivity index (χ3n) is 3.07. The van der Waals surface area contributed by atoms with Gasteiger partial charge in [0.25, 0.3) is 0 Å². The first kappa shape index (κ1) is 15.8. The number of nitriles is 1. The summed E-state index contributed by atoms with van der Waals surface area (Å²) in [6.45, 7) is 1.13. The Kier molecular flexibility index (Phi) is 4.60. The monoisotopic (exact) mass is 320 g/mol. The van der Waals surface area contributed by atoms with Gasteiger partial charge in [-0.05, 0) is 6.07 Å². The Hall–Kier alpha value is -2.63. The summed E-state index contributed by atoms with van der Waals surface area (Å²) in [7, 11) is 1.62. The molecule has 0 saturated heterocycles. The first-order valence-electron chi connectivity index (χ1n) is 6.23. The van der Waals surface area contributed by atoms with Gasteiger partial charge in [-0.3, -0.25) is 0 Å². The minimum atomic E-state index is -0.0204. The van der Waals surface area contributed by atoms with Crippen LogP contribution >= 0.6 is 12.4 Å². The van der Waals surface area contributed by atoms with Crippen molar-refractivity contribution in [3.63, 3.8) is 0 Å². The highest BCUT2D eigenvalue weighted by Crippen LogP contribution is 2.27. The van der Waals surface area contributed by atoms with Crippen molar-refractivity contribution in [1.82, 2.24) is 24.6 Å². The molecule has 0 atom stereocenters. The standard InChI is InChI=1S/C13H12N6O2.ClH/c1-21-3-2-18-8-11(16-17-18)9-4-12(20)13-10(5-14)6-15-19(13)7-9;/h4,6-8,20H,2-3H2,1H3;1H. The molecule has 1 N–H and O–H groups in total. The normalized spacial score (nSPS) is 10.4. The van der Waals surface area contributed by atoms with Crippen molar-refractivity contribution in [1.29, 1.82) is 5.26 Å². The number of aromatic nitrogens is 5. The molecule has 3 aromatic heterocycles. The van der Waals surface area contributed by atoms with Crippen molar-refractivity contribution < 1.29 is 9.84 Å². The van der Waals surface area contributed by atoms with Crippen LogP contribution in [0.1, 0.15) is 5.56 Å². The maximum Gasteiger partial charge on any atom is 0.143 e. The van der Waals surface area contributed by atoms with E-state index in [1.165, 1.54) is 10.7 Å². The van der Waals surface area contributed by atoms with E-state index in [0.29, 0.717) is 35.5 Å². The molecule has 0 aliphatic carbocycles. The molecule has 0 bridgehead atoms. The van der Waals surface area contributed by atoms with Gasteiger partial charge in [0.15, 0.2) is 0 Å². The van der Waals surface area contributed by atoms with Crippen molar-refractivity contribution in [2.24, 2.45) is 0 Å². The van der Waals surface area contributed by atoms with E-state index in [1.54, 1.807) is 30.3 Å². The quantitative estimate of drug-likeness (QED) is 0.776. The van der Waals surface area contributed by atoms with E-state index in [2.05, 4.69) is 15.4 Å². The van der Waals surface area contributed by atoms with Crippen molar-refractivity contribution in [2.45, 2.75) is 6.54 Å². The summed E-state index contributed by atoms with van der Waals surface area (Å²) in [4.78, 5) is 0. The highest BCUT2D eigenvalue weighted by atomic mass is 35.5. The maximum absolute atomic E-state index is 10.1. The Balaban J connectivity index is 0.00000176. The average molecular weight is 321 g/mol. The van der Waals surface area contributed by atoms with E-state index in [0.717, 1.165) is 0 Å². The highest BCUT2D eigenvalue weighted by Gasteiger charge is 2.12. The molecule has 3 rings (SSSR count). The van der Waals surface area contributed by atoms with Crippen molar-refractivity contribution in [3.8, 4) is 23.1 Å². The molecule has 0 aliphatic heterocycles. The number of methoxy groups -OCH3 is 1. The predicted molar refractivity (Wildman–Crippen MR) is 79.7 cm³/mol. The number of rotatable bonds is 4. The molecule has 0 fully saturated rings. The summed E-state index contributed by atoms with van der Waals surface area (Å²) in [6.07, 6.45) is 4.86. The lowest BCUT2D eigenvalue weighted by atomic mass is 10.2. The SMILES string of the molecule is COCCn1cc(-c2cc(O)c3c(C#N)cnn3c2)nn1.Cl. The second-order valence-corrected chi connectivity index (χ2v) is 4.44. The van der Waals surface area contributed by atoms with Crippen LogP contribution in [0.25, 0.3) is 16.8 Å². The smallest absolute Gasteiger partial charge is 0.143 e. The highest BCUT2D eigenvalue weighted by molar-refractivity contribution is 5.85. The van der Waals surface area contributed by atoms with Crippen molar-refractivity contribution >= 4 is 17.9 Å². The fourth-order valence-corrected chi connectivity index (χ4v) is 2.05. The van der Waals surface area contributed by atoms with Gasteiger partial charge >= 0.3 is 0 Å². The topological polar surface area (TPSA) is 101 Å². The number of hydrogen-bond donors (Lipinski definition) is 1. The summed E-state index contributed by atoms with van der Waals surface area (Å²) in [5, 5.41) is 31.1. The number of nitrogens with zero attached hydrogens (tertiary/aromatic N) is 6. The van der Waals surface area contributed by atoms with E-state index in [9.17, 15) is 5.11 Å². The van der Waals surface area contributed by atoms with E-state index in [-0.39, 0.29) is 18.2 Å². The molecule has 0 radical (unpaired) electrons. The zero-order valence-electron chi connectivity index (χ0n) is 11.7. The van der Waals surface area contributed by atoms with Gasteiger partial charge in [-0.15, -0.1) is 17.5 Å². The van der Waals surface area contributed by atoms with Crippen molar-refractivity contribution in [3.05, 3.63) is 30.2 Å². The summed E-state index contributed by atoms with van der Waals surface area (Å²) < 4.78 is 8.09. The van der Waals surface area contributed by atoms with Crippen LogP contribution in [0.3, 0.4) is 0 Å². The van der Waals surface area contributed by atoms with Crippen LogP contribution in [-0.2, 0) is 11.3 Å². The fourth-order valence-electron chi connectivity index (χ4n) is 2.05. The molecule has 0 spiro atoms. The second kappa shape index (κ2) is 6.43. The van der Waals surface area contributed by atoms with E-state index < -0.39 is 0 Å². The predicted octanol–water partition coefficient (Wildman–Crippen LogP) is 1.24. The number of fused-ring (bicyclic) bond motifs is 1. The van der Waals surface area contributed by atoms with Crippen LogP contribution in [0.15, 0.2) is 24.7 Å². The van der Waals surface area contributed by atoms with Gasteiger partial charge in [0.1, 0.15) is 28.6 Å². The summed E-state index contributed by atoms with van der Waals surface area (Å²) in [6, 6.07) is 3.53. The Morgan fingerprint density at radius 1 is 1.41 bits per heavy atom. The van der Waals surface area contributed by atoms with Gasteiger partial charge in [-0.1, -0.05) is 5.21 Å². The van der Waals surface area contributed by atoms with E-state index >= 15 is 0 Å². The molecule has 3 aromatic rings. The molecule has 0 saturated carbocycles. The minimum absolute atomic E-state index is 0.